The molecular weight excluding hydrogens is 477 g/mol. The molecule has 4 nitrogen and oxygen atoms in total. The number of rotatable bonds is 3. The molecule has 0 radical (unpaired) electrons. The predicted octanol–water partition coefficient (Wildman–Crippen LogP) is 6.50. The number of hydrogen-bond acceptors (Lipinski definition) is 3. The number of carbonyl (C=O) groups excluding carboxylic acids is 1. The normalized spacial score (nSPS) is 16.4. The van der Waals surface area contributed by atoms with Gasteiger partial charge in [0.15, 0.2) is 5.17 Å². The van der Waals surface area contributed by atoms with E-state index in [1.54, 1.807) is 12.1 Å². The van der Waals surface area contributed by atoms with Gasteiger partial charge in [0, 0.05) is 21.5 Å². The molecule has 1 saturated heterocycles. The molecule has 0 bridgehead atoms. The molecule has 0 atom stereocenters. The number of aliphatic imine (C=N–C) groups is 1. The average molecular weight is 498 g/mol. The molecule has 0 saturated carbocycles. The van der Waals surface area contributed by atoms with Crippen molar-refractivity contribution in [1.82, 2.24) is 9.88 Å². The summed E-state index contributed by atoms with van der Waals surface area (Å²) in [5, 5.41) is 3.41. The van der Waals surface area contributed by atoms with Crippen LogP contribution < -0.4 is 5.32 Å². The molecule has 2 aromatic carbocycles. The number of benzene rings is 2. The van der Waals surface area contributed by atoms with Gasteiger partial charge in [-0.3, -0.25) is 4.79 Å². The van der Waals surface area contributed by atoms with E-state index >= 15 is 0 Å². The minimum atomic E-state index is -0.268. The highest BCUT2D eigenvalue weighted by molar-refractivity contribution is 9.10. The molecular formula is C24H21BrFN3OS. The summed E-state index contributed by atoms with van der Waals surface area (Å²) < 4.78 is 16.4. The number of thioether (sulfide) groups is 1. The molecule has 158 valence electrons. The minimum Gasteiger partial charge on any atom is -0.318 e. The number of hydrogen-bond donors (Lipinski definition) is 1. The largest absolute Gasteiger partial charge is 0.318 e. The molecule has 1 aliphatic heterocycles. The standard InChI is InChI=1S/C24H21BrFN3OS/c1-13-9-19(10-14(2)22(13)25)27-24-28-23(30)21(31-24)12-17-11-15(3)29(16(17)4)20-7-5-18(26)6-8-20/h5-12H,1-4H3,(H,27,28,30)/b21-12-. The molecule has 2 heterocycles. The van der Waals surface area contributed by atoms with E-state index in [0.717, 1.165) is 43.9 Å². The third kappa shape index (κ3) is 4.38. The number of amidine groups is 1. The van der Waals surface area contributed by atoms with E-state index in [1.165, 1.54) is 23.9 Å². The van der Waals surface area contributed by atoms with Crippen molar-refractivity contribution in [2.45, 2.75) is 27.7 Å². The van der Waals surface area contributed by atoms with Gasteiger partial charge >= 0.3 is 0 Å². The second-order valence-electron chi connectivity index (χ2n) is 7.51. The Morgan fingerprint density at radius 2 is 1.71 bits per heavy atom. The minimum absolute atomic E-state index is 0.166. The van der Waals surface area contributed by atoms with Gasteiger partial charge in [0.05, 0.1) is 10.6 Å². The van der Waals surface area contributed by atoms with E-state index in [9.17, 15) is 9.18 Å². The fourth-order valence-corrected chi connectivity index (χ4v) is 4.71. The number of amides is 1. The van der Waals surface area contributed by atoms with Gasteiger partial charge < -0.3 is 9.88 Å². The number of aryl methyl sites for hydroxylation is 3. The van der Waals surface area contributed by atoms with Crippen LogP contribution in [0, 0.1) is 33.5 Å². The highest BCUT2D eigenvalue weighted by Crippen LogP contribution is 2.32. The first-order valence-corrected chi connectivity index (χ1v) is 11.3. The van der Waals surface area contributed by atoms with Gasteiger partial charge in [-0.15, -0.1) is 0 Å². The van der Waals surface area contributed by atoms with Crippen molar-refractivity contribution in [2.24, 2.45) is 4.99 Å². The quantitative estimate of drug-likeness (QED) is 0.419. The lowest BCUT2D eigenvalue weighted by Gasteiger charge is -2.09. The van der Waals surface area contributed by atoms with Crippen LogP contribution in [-0.4, -0.2) is 15.6 Å². The van der Waals surface area contributed by atoms with Gasteiger partial charge in [-0.25, -0.2) is 9.38 Å². The van der Waals surface area contributed by atoms with Gasteiger partial charge in [-0.1, -0.05) is 15.9 Å². The molecule has 1 aromatic heterocycles. The second-order valence-corrected chi connectivity index (χ2v) is 9.34. The molecule has 0 spiro atoms. The number of halogens is 2. The van der Waals surface area contributed by atoms with E-state index < -0.39 is 0 Å². The van der Waals surface area contributed by atoms with Crippen molar-refractivity contribution < 1.29 is 9.18 Å². The number of aromatic nitrogens is 1. The summed E-state index contributed by atoms with van der Waals surface area (Å²) in [7, 11) is 0. The number of nitrogens with one attached hydrogen (secondary N) is 1. The van der Waals surface area contributed by atoms with Crippen molar-refractivity contribution >= 4 is 50.5 Å². The van der Waals surface area contributed by atoms with E-state index in [-0.39, 0.29) is 11.7 Å². The van der Waals surface area contributed by atoms with Crippen molar-refractivity contribution in [2.75, 3.05) is 0 Å². The molecule has 0 aliphatic carbocycles. The Morgan fingerprint density at radius 1 is 1.06 bits per heavy atom. The predicted molar refractivity (Wildman–Crippen MR) is 130 cm³/mol. The maximum Gasteiger partial charge on any atom is 0.264 e. The fraction of sp³-hybridized carbons (Fsp3) is 0.167. The monoisotopic (exact) mass is 497 g/mol. The third-order valence-corrected chi connectivity index (χ3v) is 7.31. The van der Waals surface area contributed by atoms with Gasteiger partial charge in [0.1, 0.15) is 5.82 Å². The summed E-state index contributed by atoms with van der Waals surface area (Å²) in [5.74, 6) is -0.434. The molecule has 3 aromatic rings. The Hall–Kier alpha value is -2.64. The molecule has 4 rings (SSSR count). The third-order valence-electron chi connectivity index (χ3n) is 5.14. The highest BCUT2D eigenvalue weighted by Gasteiger charge is 2.24. The van der Waals surface area contributed by atoms with Crippen molar-refractivity contribution in [1.29, 1.82) is 0 Å². The molecule has 1 amide bonds. The topological polar surface area (TPSA) is 46.4 Å². The maximum atomic E-state index is 13.3. The van der Waals surface area contributed by atoms with Crippen LogP contribution in [0.2, 0.25) is 0 Å². The average Bonchev–Trinajstić information content (AvgIpc) is 3.19. The van der Waals surface area contributed by atoms with Crippen molar-refractivity contribution in [3.05, 3.63) is 85.7 Å². The summed E-state index contributed by atoms with van der Waals surface area (Å²) in [6.45, 7) is 8.01. The Morgan fingerprint density at radius 3 is 2.35 bits per heavy atom. The Labute approximate surface area is 193 Å². The lowest BCUT2D eigenvalue weighted by atomic mass is 10.1. The molecule has 1 aliphatic rings. The van der Waals surface area contributed by atoms with E-state index in [4.69, 9.17) is 0 Å². The first kappa shape index (κ1) is 21.6. The lowest BCUT2D eigenvalue weighted by Crippen LogP contribution is -2.19. The summed E-state index contributed by atoms with van der Waals surface area (Å²) in [5.41, 5.74) is 6.81. The van der Waals surface area contributed by atoms with Crippen LogP contribution in [0.5, 0.6) is 0 Å². The van der Waals surface area contributed by atoms with E-state index in [0.29, 0.717) is 10.1 Å². The Balaban J connectivity index is 1.64. The molecule has 7 heteroatoms. The first-order valence-electron chi connectivity index (χ1n) is 9.74. The smallest absolute Gasteiger partial charge is 0.264 e. The molecule has 31 heavy (non-hydrogen) atoms. The Bertz CT molecular complexity index is 1240. The van der Waals surface area contributed by atoms with E-state index in [1.807, 2.05) is 56.5 Å². The SMILES string of the molecule is Cc1cc(N=C2NC(=O)/C(=C/c3cc(C)n(-c4ccc(F)cc4)c3C)S2)cc(C)c1Br. The van der Waals surface area contributed by atoms with E-state index in [2.05, 4.69) is 26.2 Å². The summed E-state index contributed by atoms with van der Waals surface area (Å²) >= 11 is 4.89. The van der Waals surface area contributed by atoms with Crippen LogP contribution in [0.1, 0.15) is 28.1 Å². The summed E-state index contributed by atoms with van der Waals surface area (Å²) in [6, 6.07) is 12.4. The van der Waals surface area contributed by atoms with Crippen LogP contribution in [0.25, 0.3) is 11.8 Å². The van der Waals surface area contributed by atoms with Crippen LogP contribution in [0.15, 0.2) is 56.8 Å². The van der Waals surface area contributed by atoms with Crippen molar-refractivity contribution in [3.8, 4) is 5.69 Å². The number of nitrogens with zero attached hydrogens (tertiary/aromatic N) is 2. The second kappa shape index (κ2) is 8.48. The van der Waals surface area contributed by atoms with Crippen LogP contribution in [0.4, 0.5) is 10.1 Å². The fourth-order valence-electron chi connectivity index (χ4n) is 3.65. The molecule has 1 fully saturated rings. The van der Waals surface area contributed by atoms with Gasteiger partial charge in [-0.05, 0) is 105 Å². The zero-order valence-corrected chi connectivity index (χ0v) is 20.0. The lowest BCUT2D eigenvalue weighted by molar-refractivity contribution is -0.115. The zero-order chi connectivity index (χ0) is 22.3. The number of carbonyl (C=O) groups is 1. The van der Waals surface area contributed by atoms with Crippen LogP contribution >= 0.6 is 27.7 Å². The van der Waals surface area contributed by atoms with Crippen LogP contribution in [0.3, 0.4) is 0 Å². The van der Waals surface area contributed by atoms with Gasteiger partial charge in [-0.2, -0.15) is 0 Å². The molecule has 1 N–H and O–H groups in total. The summed E-state index contributed by atoms with van der Waals surface area (Å²) in [4.78, 5) is 17.7. The van der Waals surface area contributed by atoms with Crippen LogP contribution in [-0.2, 0) is 4.79 Å². The maximum absolute atomic E-state index is 13.3. The molecule has 0 unspecified atom stereocenters. The van der Waals surface area contributed by atoms with Gasteiger partial charge in [0.2, 0.25) is 0 Å². The van der Waals surface area contributed by atoms with Gasteiger partial charge in [0.25, 0.3) is 5.91 Å². The zero-order valence-electron chi connectivity index (χ0n) is 17.6. The highest BCUT2D eigenvalue weighted by atomic mass is 79.9. The Kier molecular flexibility index (Phi) is 5.90. The summed E-state index contributed by atoms with van der Waals surface area (Å²) in [6.07, 6.45) is 1.88. The van der Waals surface area contributed by atoms with Crippen molar-refractivity contribution in [3.63, 3.8) is 0 Å². The first-order chi connectivity index (χ1) is 14.7.